The predicted molar refractivity (Wildman–Crippen MR) is 113 cm³/mol. The van der Waals surface area contributed by atoms with E-state index in [0.717, 1.165) is 18.3 Å². The number of hydrogen-bond donors (Lipinski definition) is 3. The van der Waals surface area contributed by atoms with Crippen molar-refractivity contribution >= 4 is 17.7 Å². The number of para-hydroxylation sites is 1. The average Bonchev–Trinajstić information content (AvgIpc) is 2.76. The Labute approximate surface area is 182 Å². The molecule has 168 valence electrons. The minimum Gasteiger partial charge on any atom is -0.491 e. The van der Waals surface area contributed by atoms with Crippen LogP contribution in [0.4, 0.5) is 24.9 Å². The van der Waals surface area contributed by atoms with Crippen LogP contribution in [0.25, 0.3) is 0 Å². The second-order valence-electron chi connectivity index (χ2n) is 6.98. The van der Waals surface area contributed by atoms with E-state index in [1.165, 1.54) is 12.1 Å². The maximum Gasteiger partial charge on any atom is 0.416 e. The number of ether oxygens (including phenoxy) is 1. The van der Waals surface area contributed by atoms with E-state index in [1.54, 1.807) is 19.1 Å². The molecule has 1 unspecified atom stereocenters. The van der Waals surface area contributed by atoms with Crippen molar-refractivity contribution in [3.05, 3.63) is 77.5 Å². The Morgan fingerprint density at radius 3 is 2.59 bits per heavy atom. The first-order chi connectivity index (χ1) is 15.2. The summed E-state index contributed by atoms with van der Waals surface area (Å²) in [5, 5.41) is 15.2. The summed E-state index contributed by atoms with van der Waals surface area (Å²) in [5.41, 5.74) is -0.514. The SMILES string of the molecule is CC(COc1ccccc1)Nc1nc(NCc2cccc(C(F)(F)F)c2)ncc1C(=O)O. The molecule has 3 aromatic rings. The fourth-order valence-corrected chi connectivity index (χ4v) is 2.79. The van der Waals surface area contributed by atoms with Crippen LogP contribution in [-0.4, -0.2) is 33.7 Å². The van der Waals surface area contributed by atoms with E-state index in [9.17, 15) is 23.1 Å². The molecule has 32 heavy (non-hydrogen) atoms. The van der Waals surface area contributed by atoms with Crippen LogP contribution < -0.4 is 15.4 Å². The number of nitrogens with one attached hydrogen (secondary N) is 2. The number of carboxylic acids is 1. The molecule has 0 aliphatic heterocycles. The van der Waals surface area contributed by atoms with E-state index in [2.05, 4.69) is 20.6 Å². The molecule has 7 nitrogen and oxygen atoms in total. The van der Waals surface area contributed by atoms with Gasteiger partial charge in [-0.3, -0.25) is 0 Å². The van der Waals surface area contributed by atoms with E-state index in [-0.39, 0.29) is 36.5 Å². The fraction of sp³-hybridized carbons (Fsp3) is 0.227. The lowest BCUT2D eigenvalue weighted by Gasteiger charge is -2.17. The lowest BCUT2D eigenvalue weighted by atomic mass is 10.1. The molecule has 0 bridgehead atoms. The van der Waals surface area contributed by atoms with Crippen molar-refractivity contribution in [2.45, 2.75) is 25.7 Å². The van der Waals surface area contributed by atoms with E-state index in [4.69, 9.17) is 4.74 Å². The third-order valence-corrected chi connectivity index (χ3v) is 4.35. The number of halogens is 3. The summed E-state index contributed by atoms with van der Waals surface area (Å²) in [6, 6.07) is 13.7. The average molecular weight is 446 g/mol. The number of alkyl halides is 3. The molecule has 10 heteroatoms. The lowest BCUT2D eigenvalue weighted by molar-refractivity contribution is -0.137. The summed E-state index contributed by atoms with van der Waals surface area (Å²) in [4.78, 5) is 19.7. The number of aromatic nitrogens is 2. The van der Waals surface area contributed by atoms with Gasteiger partial charge in [-0.15, -0.1) is 0 Å². The molecular weight excluding hydrogens is 425 g/mol. The second-order valence-corrected chi connectivity index (χ2v) is 6.98. The Morgan fingerprint density at radius 1 is 1.16 bits per heavy atom. The van der Waals surface area contributed by atoms with Gasteiger partial charge in [-0.25, -0.2) is 9.78 Å². The van der Waals surface area contributed by atoms with Gasteiger partial charge in [0.15, 0.2) is 0 Å². The molecular formula is C22H21F3N4O3. The summed E-state index contributed by atoms with van der Waals surface area (Å²) in [6.45, 7) is 2.08. The Balaban J connectivity index is 1.68. The fourth-order valence-electron chi connectivity index (χ4n) is 2.79. The highest BCUT2D eigenvalue weighted by Gasteiger charge is 2.30. The first kappa shape index (κ1) is 22.9. The van der Waals surface area contributed by atoms with Crippen LogP contribution in [0, 0.1) is 0 Å². The zero-order chi connectivity index (χ0) is 23.1. The predicted octanol–water partition coefficient (Wildman–Crippen LogP) is 4.69. The molecule has 1 atom stereocenters. The highest BCUT2D eigenvalue weighted by molar-refractivity contribution is 5.93. The van der Waals surface area contributed by atoms with E-state index < -0.39 is 17.7 Å². The smallest absolute Gasteiger partial charge is 0.416 e. The molecule has 0 fully saturated rings. The zero-order valence-electron chi connectivity index (χ0n) is 17.1. The summed E-state index contributed by atoms with van der Waals surface area (Å²) < 4.78 is 44.3. The van der Waals surface area contributed by atoms with Crippen molar-refractivity contribution < 1.29 is 27.8 Å². The van der Waals surface area contributed by atoms with Gasteiger partial charge in [0.25, 0.3) is 0 Å². The van der Waals surface area contributed by atoms with E-state index in [0.29, 0.717) is 11.3 Å². The Morgan fingerprint density at radius 2 is 1.91 bits per heavy atom. The van der Waals surface area contributed by atoms with Crippen LogP contribution in [0.15, 0.2) is 60.8 Å². The van der Waals surface area contributed by atoms with Crippen LogP contribution in [-0.2, 0) is 12.7 Å². The van der Waals surface area contributed by atoms with Crippen LogP contribution in [0.1, 0.15) is 28.4 Å². The molecule has 1 heterocycles. The standard InChI is InChI=1S/C22H21F3N4O3/c1-14(13-32-17-8-3-2-4-9-17)28-19-18(20(30)31)12-27-21(29-19)26-11-15-6-5-7-16(10-15)22(23,24)25/h2-10,12,14H,11,13H2,1H3,(H,30,31)(H2,26,27,28,29). The first-order valence-electron chi connectivity index (χ1n) is 9.67. The van der Waals surface area contributed by atoms with Crippen LogP contribution in [0.5, 0.6) is 5.75 Å². The number of nitrogens with zero attached hydrogens (tertiary/aromatic N) is 2. The first-order valence-corrected chi connectivity index (χ1v) is 9.67. The second kappa shape index (κ2) is 9.99. The van der Waals surface area contributed by atoms with Gasteiger partial charge in [0.1, 0.15) is 23.7 Å². The molecule has 0 amide bonds. The van der Waals surface area contributed by atoms with Crippen LogP contribution in [0.2, 0.25) is 0 Å². The molecule has 3 rings (SSSR count). The molecule has 0 radical (unpaired) electrons. The monoisotopic (exact) mass is 446 g/mol. The van der Waals surface area contributed by atoms with E-state index in [1.807, 2.05) is 18.2 Å². The van der Waals surface area contributed by atoms with Gasteiger partial charge in [0, 0.05) is 12.7 Å². The molecule has 0 saturated carbocycles. The Kier molecular flexibility index (Phi) is 7.14. The number of aromatic carboxylic acids is 1. The molecule has 1 aromatic heterocycles. The van der Waals surface area contributed by atoms with Gasteiger partial charge in [0.05, 0.1) is 11.6 Å². The van der Waals surface area contributed by atoms with Gasteiger partial charge in [-0.2, -0.15) is 18.2 Å². The number of benzene rings is 2. The van der Waals surface area contributed by atoms with Crippen molar-refractivity contribution in [1.82, 2.24) is 9.97 Å². The number of rotatable bonds is 9. The maximum absolute atomic E-state index is 12.9. The highest BCUT2D eigenvalue weighted by Crippen LogP contribution is 2.29. The van der Waals surface area contributed by atoms with Gasteiger partial charge in [-0.1, -0.05) is 30.3 Å². The topological polar surface area (TPSA) is 96.4 Å². The summed E-state index contributed by atoms with van der Waals surface area (Å²) in [5.74, 6) is -0.395. The number of hydrogen-bond acceptors (Lipinski definition) is 6. The largest absolute Gasteiger partial charge is 0.491 e. The molecule has 3 N–H and O–H groups in total. The maximum atomic E-state index is 12.9. The Bertz CT molecular complexity index is 1060. The molecule has 2 aromatic carbocycles. The van der Waals surface area contributed by atoms with Crippen molar-refractivity contribution in [2.24, 2.45) is 0 Å². The van der Waals surface area contributed by atoms with Gasteiger partial charge in [-0.05, 0) is 36.8 Å². The normalized spacial score (nSPS) is 12.1. The minimum atomic E-state index is -4.44. The molecule has 0 saturated heterocycles. The summed E-state index contributed by atoms with van der Waals surface area (Å²) in [7, 11) is 0. The lowest BCUT2D eigenvalue weighted by Crippen LogP contribution is -2.25. The van der Waals surface area contributed by atoms with Crippen molar-refractivity contribution in [1.29, 1.82) is 0 Å². The van der Waals surface area contributed by atoms with E-state index >= 15 is 0 Å². The number of carboxylic acid groups (broad SMARTS) is 1. The molecule has 0 aliphatic rings. The van der Waals surface area contributed by atoms with Crippen molar-refractivity contribution in [2.75, 3.05) is 17.2 Å². The number of carbonyl (C=O) groups is 1. The number of anilines is 2. The third-order valence-electron chi connectivity index (χ3n) is 4.35. The Hall–Kier alpha value is -3.82. The quantitative estimate of drug-likeness (QED) is 0.439. The summed E-state index contributed by atoms with van der Waals surface area (Å²) in [6.07, 6.45) is -3.30. The minimum absolute atomic E-state index is 0.0302. The van der Waals surface area contributed by atoms with Crippen LogP contribution in [0.3, 0.4) is 0 Å². The zero-order valence-corrected chi connectivity index (χ0v) is 17.1. The van der Waals surface area contributed by atoms with Gasteiger partial charge < -0.3 is 20.5 Å². The third kappa shape index (κ3) is 6.34. The highest BCUT2D eigenvalue weighted by atomic mass is 19.4. The van der Waals surface area contributed by atoms with Gasteiger partial charge >= 0.3 is 12.1 Å². The van der Waals surface area contributed by atoms with Crippen molar-refractivity contribution in [3.8, 4) is 5.75 Å². The molecule has 0 spiro atoms. The molecule has 0 aliphatic carbocycles. The summed E-state index contributed by atoms with van der Waals surface area (Å²) >= 11 is 0. The van der Waals surface area contributed by atoms with Crippen molar-refractivity contribution in [3.63, 3.8) is 0 Å². The van der Waals surface area contributed by atoms with Gasteiger partial charge in [0.2, 0.25) is 5.95 Å². The van der Waals surface area contributed by atoms with Crippen LogP contribution >= 0.6 is 0 Å².